The molecule has 0 spiro atoms. The Morgan fingerprint density at radius 2 is 2.16 bits per heavy atom. The highest BCUT2D eigenvalue weighted by molar-refractivity contribution is 7.99. The monoisotopic (exact) mass is 290 g/mol. The number of thioether (sulfide) groups is 1. The zero-order valence-corrected chi connectivity index (χ0v) is 13.4. The fourth-order valence-electron chi connectivity index (χ4n) is 1.72. The van der Waals surface area contributed by atoms with Crippen molar-refractivity contribution in [2.75, 3.05) is 24.7 Å². The number of aliphatic hydroxyl groups is 1. The molecule has 0 radical (unpaired) electrons. The van der Waals surface area contributed by atoms with Crippen molar-refractivity contribution in [2.45, 2.75) is 52.0 Å². The first-order chi connectivity index (χ1) is 8.96. The molecule has 5 heteroatoms. The Labute approximate surface area is 121 Å². The van der Waals surface area contributed by atoms with Gasteiger partial charge in [0, 0.05) is 6.61 Å². The molecule has 0 saturated heterocycles. The molecule has 0 aromatic rings. The predicted molar refractivity (Wildman–Crippen MR) is 83.3 cm³/mol. The van der Waals surface area contributed by atoms with Gasteiger partial charge >= 0.3 is 0 Å². The fourth-order valence-corrected chi connectivity index (χ4v) is 2.80. The van der Waals surface area contributed by atoms with Crippen LogP contribution in [0.15, 0.2) is 0 Å². The molecule has 0 aliphatic rings. The van der Waals surface area contributed by atoms with Crippen molar-refractivity contribution >= 4 is 17.7 Å². The molecule has 114 valence electrons. The molecule has 4 N–H and O–H groups in total. The molecule has 1 amide bonds. The van der Waals surface area contributed by atoms with E-state index in [0.717, 1.165) is 43.7 Å². The average molecular weight is 290 g/mol. The van der Waals surface area contributed by atoms with Crippen molar-refractivity contribution < 1.29 is 9.90 Å². The molecule has 0 saturated carbocycles. The van der Waals surface area contributed by atoms with Crippen LogP contribution in [0, 0.1) is 5.92 Å². The van der Waals surface area contributed by atoms with Gasteiger partial charge in [0.2, 0.25) is 5.91 Å². The van der Waals surface area contributed by atoms with E-state index in [1.54, 1.807) is 0 Å². The molecule has 4 nitrogen and oxygen atoms in total. The summed E-state index contributed by atoms with van der Waals surface area (Å²) in [5.41, 5.74) is 4.91. The molecule has 0 bridgehead atoms. The van der Waals surface area contributed by atoms with Crippen LogP contribution < -0.4 is 11.1 Å². The van der Waals surface area contributed by atoms with Gasteiger partial charge in [-0.05, 0) is 50.2 Å². The van der Waals surface area contributed by atoms with E-state index >= 15 is 0 Å². The number of carbonyl (C=O) groups excluding carboxylic acids is 1. The van der Waals surface area contributed by atoms with E-state index in [2.05, 4.69) is 12.2 Å². The molecule has 2 atom stereocenters. The van der Waals surface area contributed by atoms with Crippen LogP contribution in [0.2, 0.25) is 0 Å². The molecular weight excluding hydrogens is 260 g/mol. The first-order valence-corrected chi connectivity index (χ1v) is 8.35. The highest BCUT2D eigenvalue weighted by Crippen LogP contribution is 2.16. The quantitative estimate of drug-likeness (QED) is 0.479. The summed E-state index contributed by atoms with van der Waals surface area (Å²) in [5, 5.41) is 12.2. The number of primary amides is 1. The Bertz CT molecular complexity index is 252. The molecule has 0 rings (SSSR count). The standard InChI is InChI=1S/C14H30N2O2S/c1-4-8-16-14(3,13(15)18)7-5-6-9-19-11-12(2)10-17/h12,16-17H,4-11H2,1-3H3,(H2,15,18). The van der Waals surface area contributed by atoms with E-state index in [0.29, 0.717) is 5.92 Å². The molecule has 0 aromatic heterocycles. The second-order valence-corrected chi connectivity index (χ2v) is 6.59. The highest BCUT2D eigenvalue weighted by atomic mass is 32.2. The summed E-state index contributed by atoms with van der Waals surface area (Å²) in [6, 6.07) is 0. The van der Waals surface area contributed by atoms with Crippen molar-refractivity contribution in [1.29, 1.82) is 0 Å². The minimum absolute atomic E-state index is 0.258. The van der Waals surface area contributed by atoms with Crippen molar-refractivity contribution in [2.24, 2.45) is 11.7 Å². The van der Waals surface area contributed by atoms with Gasteiger partial charge in [-0.15, -0.1) is 0 Å². The summed E-state index contributed by atoms with van der Waals surface area (Å²) in [5.74, 6) is 2.18. The summed E-state index contributed by atoms with van der Waals surface area (Å²) in [6.45, 7) is 7.10. The molecule has 0 heterocycles. The number of hydrogen-bond acceptors (Lipinski definition) is 4. The molecule has 0 aromatic carbocycles. The molecule has 0 fully saturated rings. The second-order valence-electron chi connectivity index (χ2n) is 5.44. The predicted octanol–water partition coefficient (Wildman–Crippen LogP) is 1.76. The third-order valence-electron chi connectivity index (χ3n) is 3.24. The number of rotatable bonds is 12. The van der Waals surface area contributed by atoms with E-state index in [4.69, 9.17) is 10.8 Å². The first-order valence-electron chi connectivity index (χ1n) is 7.19. The SMILES string of the molecule is CCCNC(C)(CCCCSCC(C)CO)C(N)=O. The molecule has 2 unspecified atom stereocenters. The normalized spacial score (nSPS) is 16.0. The topological polar surface area (TPSA) is 75.3 Å². The van der Waals surface area contributed by atoms with Crippen LogP contribution in [-0.2, 0) is 4.79 Å². The lowest BCUT2D eigenvalue weighted by Crippen LogP contribution is -2.53. The van der Waals surface area contributed by atoms with Crippen molar-refractivity contribution in [3.05, 3.63) is 0 Å². The third-order valence-corrected chi connectivity index (χ3v) is 4.62. The minimum atomic E-state index is -0.570. The number of nitrogens with two attached hydrogens (primary N) is 1. The third kappa shape index (κ3) is 8.50. The van der Waals surface area contributed by atoms with Crippen LogP contribution in [0.3, 0.4) is 0 Å². The van der Waals surface area contributed by atoms with Crippen molar-refractivity contribution in [3.8, 4) is 0 Å². The largest absolute Gasteiger partial charge is 0.396 e. The van der Waals surface area contributed by atoms with E-state index in [-0.39, 0.29) is 12.5 Å². The lowest BCUT2D eigenvalue weighted by Gasteiger charge is -2.27. The first kappa shape index (κ1) is 18.7. The maximum atomic E-state index is 11.5. The molecular formula is C14H30N2O2S. The van der Waals surface area contributed by atoms with Crippen LogP contribution in [0.4, 0.5) is 0 Å². The van der Waals surface area contributed by atoms with Crippen LogP contribution in [0.25, 0.3) is 0 Å². The second kappa shape index (κ2) is 10.5. The van der Waals surface area contributed by atoms with Crippen LogP contribution in [-0.4, -0.2) is 41.2 Å². The van der Waals surface area contributed by atoms with Gasteiger partial charge in [-0.2, -0.15) is 11.8 Å². The van der Waals surface area contributed by atoms with Crippen molar-refractivity contribution in [3.63, 3.8) is 0 Å². The van der Waals surface area contributed by atoms with E-state index in [9.17, 15) is 4.79 Å². The Balaban J connectivity index is 3.79. The molecule has 19 heavy (non-hydrogen) atoms. The Morgan fingerprint density at radius 1 is 1.47 bits per heavy atom. The van der Waals surface area contributed by atoms with Gasteiger partial charge in [0.15, 0.2) is 0 Å². The van der Waals surface area contributed by atoms with Crippen molar-refractivity contribution in [1.82, 2.24) is 5.32 Å². The number of hydrogen-bond donors (Lipinski definition) is 3. The number of unbranched alkanes of at least 4 members (excludes halogenated alkanes) is 1. The van der Waals surface area contributed by atoms with Gasteiger partial charge < -0.3 is 16.2 Å². The highest BCUT2D eigenvalue weighted by Gasteiger charge is 2.29. The van der Waals surface area contributed by atoms with Crippen LogP contribution in [0.5, 0.6) is 0 Å². The van der Waals surface area contributed by atoms with Crippen LogP contribution in [0.1, 0.15) is 46.5 Å². The smallest absolute Gasteiger partial charge is 0.237 e. The van der Waals surface area contributed by atoms with Gasteiger partial charge in [-0.1, -0.05) is 20.3 Å². The summed E-state index contributed by atoms with van der Waals surface area (Å²) in [4.78, 5) is 11.5. The van der Waals surface area contributed by atoms with Gasteiger partial charge in [-0.25, -0.2) is 0 Å². The Kier molecular flexibility index (Phi) is 10.4. The zero-order chi connectivity index (χ0) is 14.7. The van der Waals surface area contributed by atoms with E-state index in [1.807, 2.05) is 25.6 Å². The van der Waals surface area contributed by atoms with E-state index < -0.39 is 5.54 Å². The van der Waals surface area contributed by atoms with Gasteiger partial charge in [0.25, 0.3) is 0 Å². The van der Waals surface area contributed by atoms with Gasteiger partial charge in [0.05, 0.1) is 5.54 Å². The van der Waals surface area contributed by atoms with Gasteiger partial charge in [0.1, 0.15) is 0 Å². The Morgan fingerprint density at radius 3 is 2.68 bits per heavy atom. The Hall–Kier alpha value is -0.260. The van der Waals surface area contributed by atoms with Gasteiger partial charge in [-0.3, -0.25) is 4.79 Å². The average Bonchev–Trinajstić information content (AvgIpc) is 2.39. The summed E-state index contributed by atoms with van der Waals surface area (Å²) < 4.78 is 0. The number of aliphatic hydroxyl groups excluding tert-OH is 1. The van der Waals surface area contributed by atoms with E-state index in [1.165, 1.54) is 0 Å². The summed E-state index contributed by atoms with van der Waals surface area (Å²) in [7, 11) is 0. The molecule has 0 aliphatic heterocycles. The lowest BCUT2D eigenvalue weighted by molar-refractivity contribution is -0.124. The zero-order valence-electron chi connectivity index (χ0n) is 12.6. The molecule has 0 aliphatic carbocycles. The fraction of sp³-hybridized carbons (Fsp3) is 0.929. The number of nitrogens with one attached hydrogen (secondary N) is 1. The number of amides is 1. The number of carbonyl (C=O) groups is 1. The minimum Gasteiger partial charge on any atom is -0.396 e. The summed E-state index contributed by atoms with van der Waals surface area (Å²) in [6.07, 6.45) is 3.87. The maximum absolute atomic E-state index is 11.5. The van der Waals surface area contributed by atoms with Crippen LogP contribution >= 0.6 is 11.8 Å². The maximum Gasteiger partial charge on any atom is 0.237 e. The summed E-state index contributed by atoms with van der Waals surface area (Å²) >= 11 is 1.87. The lowest BCUT2D eigenvalue weighted by atomic mass is 9.94.